The van der Waals surface area contributed by atoms with Gasteiger partial charge in [-0.05, 0) is 29.5 Å². The lowest BCUT2D eigenvalue weighted by atomic mass is 9.82. The Hall–Kier alpha value is -1.35. The number of ether oxygens (including phenoxy) is 1. The highest BCUT2D eigenvalue weighted by Crippen LogP contribution is 2.24. The van der Waals surface area contributed by atoms with Gasteiger partial charge >= 0.3 is 5.97 Å². The molecule has 0 aromatic heterocycles. The Morgan fingerprint density at radius 2 is 1.95 bits per heavy atom. The SMILES string of the molecule is COC(=O)c1ccccc1CNCC(C)C(C)(C)C. The van der Waals surface area contributed by atoms with Crippen molar-refractivity contribution in [2.45, 2.75) is 34.2 Å². The molecule has 1 N–H and O–H groups in total. The van der Waals surface area contributed by atoms with Gasteiger partial charge in [-0.25, -0.2) is 4.79 Å². The highest BCUT2D eigenvalue weighted by molar-refractivity contribution is 5.90. The first kappa shape index (κ1) is 15.7. The van der Waals surface area contributed by atoms with Crippen molar-refractivity contribution in [2.24, 2.45) is 11.3 Å². The van der Waals surface area contributed by atoms with Crippen LogP contribution in [0.3, 0.4) is 0 Å². The molecule has 0 saturated carbocycles. The summed E-state index contributed by atoms with van der Waals surface area (Å²) in [4.78, 5) is 11.6. The molecule has 19 heavy (non-hydrogen) atoms. The number of carbonyl (C=O) groups is 1. The summed E-state index contributed by atoms with van der Waals surface area (Å²) in [5.74, 6) is 0.291. The van der Waals surface area contributed by atoms with Crippen LogP contribution in [0.5, 0.6) is 0 Å². The molecule has 106 valence electrons. The topological polar surface area (TPSA) is 38.3 Å². The summed E-state index contributed by atoms with van der Waals surface area (Å²) in [6.45, 7) is 10.6. The van der Waals surface area contributed by atoms with Crippen LogP contribution >= 0.6 is 0 Å². The summed E-state index contributed by atoms with van der Waals surface area (Å²) >= 11 is 0. The molecule has 0 aliphatic carbocycles. The molecule has 0 spiro atoms. The summed E-state index contributed by atoms with van der Waals surface area (Å²) in [5, 5.41) is 3.42. The van der Waals surface area contributed by atoms with Gasteiger partial charge in [0.25, 0.3) is 0 Å². The van der Waals surface area contributed by atoms with Crippen LogP contribution in [0.15, 0.2) is 24.3 Å². The minimum Gasteiger partial charge on any atom is -0.465 e. The molecule has 0 aliphatic rings. The van der Waals surface area contributed by atoms with Crippen molar-refractivity contribution < 1.29 is 9.53 Å². The lowest BCUT2D eigenvalue weighted by molar-refractivity contribution is 0.0599. The van der Waals surface area contributed by atoms with E-state index in [-0.39, 0.29) is 11.4 Å². The molecule has 0 bridgehead atoms. The van der Waals surface area contributed by atoms with Crippen molar-refractivity contribution in [1.82, 2.24) is 5.32 Å². The third-order valence-corrected chi connectivity index (χ3v) is 3.67. The second kappa shape index (κ2) is 6.71. The van der Waals surface area contributed by atoms with Crippen LogP contribution in [0.25, 0.3) is 0 Å². The fraction of sp³-hybridized carbons (Fsp3) is 0.562. The van der Waals surface area contributed by atoms with E-state index >= 15 is 0 Å². The zero-order chi connectivity index (χ0) is 14.5. The molecular formula is C16H25NO2. The maximum atomic E-state index is 11.6. The fourth-order valence-corrected chi connectivity index (χ4v) is 1.71. The van der Waals surface area contributed by atoms with Crippen LogP contribution in [0.2, 0.25) is 0 Å². The Morgan fingerprint density at radius 1 is 1.32 bits per heavy atom. The maximum absolute atomic E-state index is 11.6. The lowest BCUT2D eigenvalue weighted by Gasteiger charge is -2.27. The number of carbonyl (C=O) groups excluding carboxylic acids is 1. The molecule has 3 heteroatoms. The molecule has 0 heterocycles. The van der Waals surface area contributed by atoms with Gasteiger partial charge < -0.3 is 10.1 Å². The van der Waals surface area contributed by atoms with Crippen molar-refractivity contribution in [1.29, 1.82) is 0 Å². The van der Waals surface area contributed by atoms with Crippen molar-refractivity contribution in [3.8, 4) is 0 Å². The first-order valence-corrected chi connectivity index (χ1v) is 6.73. The van der Waals surface area contributed by atoms with Gasteiger partial charge in [-0.15, -0.1) is 0 Å². The normalized spacial score (nSPS) is 13.1. The predicted octanol–water partition coefficient (Wildman–Crippen LogP) is 3.25. The van der Waals surface area contributed by atoms with Crippen LogP contribution in [0.4, 0.5) is 0 Å². The van der Waals surface area contributed by atoms with E-state index in [1.54, 1.807) is 6.07 Å². The molecule has 0 saturated heterocycles. The summed E-state index contributed by atoms with van der Waals surface area (Å²) in [5.41, 5.74) is 1.91. The summed E-state index contributed by atoms with van der Waals surface area (Å²) < 4.78 is 4.79. The largest absolute Gasteiger partial charge is 0.465 e. The van der Waals surface area contributed by atoms with E-state index in [1.807, 2.05) is 18.2 Å². The fourth-order valence-electron chi connectivity index (χ4n) is 1.71. The molecule has 0 radical (unpaired) electrons. The quantitative estimate of drug-likeness (QED) is 0.829. The average Bonchev–Trinajstić information content (AvgIpc) is 2.37. The van der Waals surface area contributed by atoms with Crippen LogP contribution in [0, 0.1) is 11.3 Å². The average molecular weight is 263 g/mol. The molecule has 0 amide bonds. The van der Waals surface area contributed by atoms with E-state index in [4.69, 9.17) is 4.74 Å². The second-order valence-corrected chi connectivity index (χ2v) is 6.05. The Balaban J connectivity index is 2.61. The first-order valence-electron chi connectivity index (χ1n) is 6.73. The van der Waals surface area contributed by atoms with E-state index in [0.717, 1.165) is 12.1 Å². The van der Waals surface area contributed by atoms with Crippen molar-refractivity contribution in [2.75, 3.05) is 13.7 Å². The van der Waals surface area contributed by atoms with Crippen LogP contribution in [0.1, 0.15) is 43.6 Å². The minimum absolute atomic E-state index is 0.277. The summed E-state index contributed by atoms with van der Waals surface area (Å²) in [6.07, 6.45) is 0. The molecule has 0 aliphatic heterocycles. The Kier molecular flexibility index (Phi) is 5.55. The van der Waals surface area contributed by atoms with Gasteiger partial charge in [0, 0.05) is 6.54 Å². The standard InChI is InChI=1S/C16H25NO2/c1-12(16(2,3)4)10-17-11-13-8-6-7-9-14(13)15(18)19-5/h6-9,12,17H,10-11H2,1-5H3. The monoisotopic (exact) mass is 263 g/mol. The van der Waals surface area contributed by atoms with Gasteiger partial charge in [0.2, 0.25) is 0 Å². The molecule has 3 nitrogen and oxygen atoms in total. The molecular weight excluding hydrogens is 238 g/mol. The van der Waals surface area contributed by atoms with Gasteiger partial charge in [-0.3, -0.25) is 0 Å². The van der Waals surface area contributed by atoms with Crippen LogP contribution in [-0.2, 0) is 11.3 Å². The van der Waals surface area contributed by atoms with E-state index in [2.05, 4.69) is 33.0 Å². The molecule has 0 fully saturated rings. The maximum Gasteiger partial charge on any atom is 0.338 e. The van der Waals surface area contributed by atoms with E-state index < -0.39 is 0 Å². The number of nitrogens with one attached hydrogen (secondary N) is 1. The van der Waals surface area contributed by atoms with E-state index in [0.29, 0.717) is 18.0 Å². The van der Waals surface area contributed by atoms with Crippen LogP contribution < -0.4 is 5.32 Å². The predicted molar refractivity (Wildman–Crippen MR) is 78.1 cm³/mol. The van der Waals surface area contributed by atoms with E-state index in [1.165, 1.54) is 7.11 Å². The minimum atomic E-state index is -0.277. The third kappa shape index (κ3) is 4.67. The highest BCUT2D eigenvalue weighted by atomic mass is 16.5. The number of esters is 1. The smallest absolute Gasteiger partial charge is 0.338 e. The molecule has 1 rings (SSSR count). The first-order chi connectivity index (χ1) is 8.86. The molecule has 1 atom stereocenters. The Labute approximate surface area is 116 Å². The number of methoxy groups -OCH3 is 1. The molecule has 1 aromatic carbocycles. The van der Waals surface area contributed by atoms with Gasteiger partial charge in [0.05, 0.1) is 12.7 Å². The second-order valence-electron chi connectivity index (χ2n) is 6.05. The zero-order valence-electron chi connectivity index (χ0n) is 12.6. The van der Waals surface area contributed by atoms with Crippen LogP contribution in [-0.4, -0.2) is 19.6 Å². The lowest BCUT2D eigenvalue weighted by Crippen LogP contribution is -2.29. The zero-order valence-corrected chi connectivity index (χ0v) is 12.6. The van der Waals surface area contributed by atoms with Gasteiger partial charge in [0.15, 0.2) is 0 Å². The number of hydrogen-bond donors (Lipinski definition) is 1. The van der Waals surface area contributed by atoms with E-state index in [9.17, 15) is 4.79 Å². The Morgan fingerprint density at radius 3 is 2.53 bits per heavy atom. The van der Waals surface area contributed by atoms with Gasteiger partial charge in [-0.2, -0.15) is 0 Å². The summed E-state index contributed by atoms with van der Waals surface area (Å²) in [6, 6.07) is 7.56. The molecule has 1 aromatic rings. The number of benzene rings is 1. The van der Waals surface area contributed by atoms with Gasteiger partial charge in [-0.1, -0.05) is 45.9 Å². The van der Waals surface area contributed by atoms with Crippen molar-refractivity contribution in [3.63, 3.8) is 0 Å². The molecule has 1 unspecified atom stereocenters. The van der Waals surface area contributed by atoms with Crippen molar-refractivity contribution >= 4 is 5.97 Å². The number of rotatable bonds is 5. The third-order valence-electron chi connectivity index (χ3n) is 3.67. The number of hydrogen-bond acceptors (Lipinski definition) is 3. The summed E-state index contributed by atoms with van der Waals surface area (Å²) in [7, 11) is 1.41. The van der Waals surface area contributed by atoms with Gasteiger partial charge in [0.1, 0.15) is 0 Å². The Bertz CT molecular complexity index is 421. The highest BCUT2D eigenvalue weighted by Gasteiger charge is 2.19. The van der Waals surface area contributed by atoms with Crippen molar-refractivity contribution in [3.05, 3.63) is 35.4 Å².